The molecule has 146 valence electrons. The van der Waals surface area contributed by atoms with E-state index >= 15 is 0 Å². The lowest BCUT2D eigenvalue weighted by atomic mass is 10.0. The van der Waals surface area contributed by atoms with Crippen LogP contribution in [0.2, 0.25) is 0 Å². The van der Waals surface area contributed by atoms with Gasteiger partial charge in [-0.2, -0.15) is 5.10 Å². The number of amides is 1. The molecule has 0 spiro atoms. The monoisotopic (exact) mass is 405 g/mol. The van der Waals surface area contributed by atoms with E-state index in [1.807, 2.05) is 18.2 Å². The number of aryl methyl sites for hydroxylation is 1. The number of hydrogen-bond acceptors (Lipinski definition) is 5. The number of aromatic nitrogens is 2. The Bertz CT molecular complexity index is 1230. The highest BCUT2D eigenvalue weighted by atomic mass is 32.1. The zero-order chi connectivity index (χ0) is 20.0. The number of thiophene rings is 1. The van der Waals surface area contributed by atoms with Crippen LogP contribution in [0.25, 0.3) is 21.2 Å². The minimum Gasteiger partial charge on any atom is -0.504 e. The van der Waals surface area contributed by atoms with Crippen LogP contribution in [0.15, 0.2) is 54.0 Å². The summed E-state index contributed by atoms with van der Waals surface area (Å²) in [7, 11) is 1.75. The molecule has 7 heteroatoms. The van der Waals surface area contributed by atoms with Crippen molar-refractivity contribution in [3.8, 4) is 22.6 Å². The van der Waals surface area contributed by atoms with Crippen LogP contribution >= 0.6 is 11.3 Å². The van der Waals surface area contributed by atoms with Gasteiger partial charge < -0.3 is 14.7 Å². The van der Waals surface area contributed by atoms with Crippen LogP contribution in [0.3, 0.4) is 0 Å². The van der Waals surface area contributed by atoms with Gasteiger partial charge in [-0.15, -0.1) is 11.3 Å². The Morgan fingerprint density at radius 3 is 2.93 bits per heavy atom. The largest absolute Gasteiger partial charge is 0.504 e. The SMILES string of the molecule is Cn1nccc1C(=O)N1CCOc2c(O)cc(-c3csc4ccccc34)cc2C1. The summed E-state index contributed by atoms with van der Waals surface area (Å²) in [6, 6.07) is 13.7. The number of hydrogen-bond donors (Lipinski definition) is 1. The maximum Gasteiger partial charge on any atom is 0.272 e. The van der Waals surface area contributed by atoms with Crippen LogP contribution in [0.5, 0.6) is 11.5 Å². The number of ether oxygens (including phenoxy) is 1. The number of phenols is 1. The summed E-state index contributed by atoms with van der Waals surface area (Å²) in [5.74, 6) is 0.448. The minimum atomic E-state index is -0.104. The molecule has 0 atom stereocenters. The van der Waals surface area contributed by atoms with Crippen LogP contribution < -0.4 is 4.74 Å². The number of benzene rings is 2. The standard InChI is InChI=1S/C22H19N3O3S/c1-24-18(6-7-23-24)22(27)25-8-9-28-21-15(12-25)10-14(11-19(21)26)17-13-29-20-5-3-2-4-16(17)20/h2-7,10-11,13,26H,8-9,12H2,1H3. The minimum absolute atomic E-state index is 0.0996. The molecule has 2 aromatic carbocycles. The summed E-state index contributed by atoms with van der Waals surface area (Å²) >= 11 is 1.67. The van der Waals surface area contributed by atoms with Gasteiger partial charge in [0.2, 0.25) is 0 Å². The number of nitrogens with zero attached hydrogens (tertiary/aromatic N) is 3. The first-order valence-electron chi connectivity index (χ1n) is 9.34. The van der Waals surface area contributed by atoms with Crippen molar-refractivity contribution in [2.24, 2.45) is 7.05 Å². The van der Waals surface area contributed by atoms with Gasteiger partial charge >= 0.3 is 0 Å². The second kappa shape index (κ2) is 6.93. The summed E-state index contributed by atoms with van der Waals surface area (Å²) < 4.78 is 8.57. The molecule has 0 unspecified atom stereocenters. The number of carbonyl (C=O) groups is 1. The third-order valence-electron chi connectivity index (χ3n) is 5.23. The van der Waals surface area contributed by atoms with Crippen molar-refractivity contribution in [2.45, 2.75) is 6.54 Å². The Morgan fingerprint density at radius 1 is 1.24 bits per heavy atom. The molecule has 29 heavy (non-hydrogen) atoms. The molecular weight excluding hydrogens is 386 g/mol. The Hall–Kier alpha value is -3.32. The highest BCUT2D eigenvalue weighted by Gasteiger charge is 2.25. The van der Waals surface area contributed by atoms with E-state index in [4.69, 9.17) is 4.74 Å². The van der Waals surface area contributed by atoms with Gasteiger partial charge in [0.05, 0.1) is 6.54 Å². The zero-order valence-corrected chi connectivity index (χ0v) is 16.6. The predicted molar refractivity (Wildman–Crippen MR) is 112 cm³/mol. The molecular formula is C22H19N3O3S. The molecule has 3 heterocycles. The summed E-state index contributed by atoms with van der Waals surface area (Å²) in [6.07, 6.45) is 1.61. The van der Waals surface area contributed by atoms with Crippen molar-refractivity contribution in [1.82, 2.24) is 14.7 Å². The van der Waals surface area contributed by atoms with Gasteiger partial charge in [-0.1, -0.05) is 18.2 Å². The van der Waals surface area contributed by atoms with E-state index in [-0.39, 0.29) is 11.7 Å². The van der Waals surface area contributed by atoms with E-state index < -0.39 is 0 Å². The molecule has 0 fully saturated rings. The highest BCUT2D eigenvalue weighted by Crippen LogP contribution is 2.41. The molecule has 1 aliphatic rings. The van der Waals surface area contributed by atoms with Gasteiger partial charge in [0.1, 0.15) is 12.3 Å². The normalized spacial score (nSPS) is 13.8. The lowest BCUT2D eigenvalue weighted by molar-refractivity contribution is 0.0722. The smallest absolute Gasteiger partial charge is 0.272 e. The van der Waals surface area contributed by atoms with E-state index in [1.165, 1.54) is 4.70 Å². The van der Waals surface area contributed by atoms with Crippen LogP contribution in [-0.4, -0.2) is 38.8 Å². The van der Waals surface area contributed by atoms with E-state index in [0.29, 0.717) is 31.1 Å². The van der Waals surface area contributed by atoms with E-state index in [2.05, 4.69) is 22.6 Å². The van der Waals surface area contributed by atoms with E-state index in [1.54, 1.807) is 46.3 Å². The maximum atomic E-state index is 13.0. The van der Waals surface area contributed by atoms with E-state index in [0.717, 1.165) is 22.1 Å². The van der Waals surface area contributed by atoms with Crippen LogP contribution in [-0.2, 0) is 13.6 Å². The summed E-state index contributed by atoms with van der Waals surface area (Å²) in [5, 5.41) is 18.0. The first kappa shape index (κ1) is 17.8. The lowest BCUT2D eigenvalue weighted by Gasteiger charge is -2.20. The molecule has 0 aliphatic carbocycles. The van der Waals surface area contributed by atoms with Gasteiger partial charge in [-0.25, -0.2) is 0 Å². The number of phenolic OH excluding ortho intramolecular Hbond substituents is 1. The first-order chi connectivity index (χ1) is 14.1. The van der Waals surface area contributed by atoms with Gasteiger partial charge in [-0.05, 0) is 35.2 Å². The molecule has 1 amide bonds. The molecule has 1 N–H and O–H groups in total. The molecule has 0 saturated carbocycles. The molecule has 6 nitrogen and oxygen atoms in total. The van der Waals surface area contributed by atoms with Crippen LogP contribution in [0.1, 0.15) is 16.1 Å². The number of rotatable bonds is 2. The van der Waals surface area contributed by atoms with E-state index in [9.17, 15) is 9.90 Å². The molecule has 1 aliphatic heterocycles. The van der Waals surface area contributed by atoms with Crippen molar-refractivity contribution < 1.29 is 14.6 Å². The second-order valence-corrected chi connectivity index (χ2v) is 7.96. The zero-order valence-electron chi connectivity index (χ0n) is 15.8. The molecule has 5 rings (SSSR count). The molecule has 0 saturated heterocycles. The average molecular weight is 405 g/mol. The van der Waals surface area contributed by atoms with Crippen molar-refractivity contribution in [2.75, 3.05) is 13.2 Å². The Balaban J connectivity index is 1.55. The Kier molecular flexibility index (Phi) is 4.24. The number of aromatic hydroxyl groups is 1. The lowest BCUT2D eigenvalue weighted by Crippen LogP contribution is -2.33. The van der Waals surface area contributed by atoms with Crippen LogP contribution in [0, 0.1) is 0 Å². The van der Waals surface area contributed by atoms with Gasteiger partial charge in [-0.3, -0.25) is 9.48 Å². The Labute approximate surface area is 171 Å². The average Bonchev–Trinajstić information content (AvgIpc) is 3.27. The van der Waals surface area contributed by atoms with Crippen molar-refractivity contribution in [3.63, 3.8) is 0 Å². The molecule has 0 bridgehead atoms. The summed E-state index contributed by atoms with van der Waals surface area (Å²) in [4.78, 5) is 14.7. The fourth-order valence-electron chi connectivity index (χ4n) is 3.77. The summed E-state index contributed by atoms with van der Waals surface area (Å²) in [6.45, 7) is 1.13. The maximum absolute atomic E-state index is 13.0. The van der Waals surface area contributed by atoms with Crippen molar-refractivity contribution in [3.05, 3.63) is 65.3 Å². The van der Waals surface area contributed by atoms with Gasteiger partial charge in [0, 0.05) is 41.0 Å². The van der Waals surface area contributed by atoms with Crippen molar-refractivity contribution in [1.29, 1.82) is 0 Å². The molecule has 4 aromatic rings. The van der Waals surface area contributed by atoms with Gasteiger partial charge in [0.15, 0.2) is 11.5 Å². The summed E-state index contributed by atoms with van der Waals surface area (Å²) in [5.41, 5.74) is 3.30. The Morgan fingerprint density at radius 2 is 2.10 bits per heavy atom. The predicted octanol–water partition coefficient (Wildman–Crippen LogP) is 4.04. The van der Waals surface area contributed by atoms with Crippen molar-refractivity contribution >= 4 is 27.3 Å². The highest BCUT2D eigenvalue weighted by molar-refractivity contribution is 7.17. The fraction of sp³-hybridized carbons (Fsp3) is 0.182. The van der Waals surface area contributed by atoms with Gasteiger partial charge in [0.25, 0.3) is 5.91 Å². The molecule has 2 aromatic heterocycles. The van der Waals surface area contributed by atoms with Crippen LogP contribution in [0.4, 0.5) is 0 Å². The second-order valence-electron chi connectivity index (χ2n) is 7.04. The number of carbonyl (C=O) groups excluding carboxylic acids is 1. The quantitative estimate of drug-likeness (QED) is 0.547. The first-order valence-corrected chi connectivity index (χ1v) is 10.2. The third-order valence-corrected chi connectivity index (χ3v) is 6.20. The molecule has 0 radical (unpaired) electrons. The fourth-order valence-corrected chi connectivity index (χ4v) is 4.74. The third kappa shape index (κ3) is 3.03. The topological polar surface area (TPSA) is 67.6 Å². The number of fused-ring (bicyclic) bond motifs is 2.